The summed E-state index contributed by atoms with van der Waals surface area (Å²) in [4.78, 5) is 70.6. The van der Waals surface area contributed by atoms with Crippen molar-refractivity contribution in [2.24, 2.45) is 23.7 Å². The number of ketones is 2. The van der Waals surface area contributed by atoms with E-state index in [0.29, 0.717) is 12.2 Å². The molecule has 320 valence electrons. The number of ether oxygens (including phenoxy) is 6. The summed E-state index contributed by atoms with van der Waals surface area (Å²) < 4.78 is 41.7. The molecule has 3 aliphatic rings. The van der Waals surface area contributed by atoms with Gasteiger partial charge in [-0.2, -0.15) is 0 Å². The number of hydrogen-bond donors (Lipinski definition) is 2. The number of carbonyl (C=O) groups is 5. The monoisotopic (exact) mass is 812 g/mol. The van der Waals surface area contributed by atoms with Gasteiger partial charge in [0.2, 0.25) is 5.91 Å². The third-order valence-electron chi connectivity index (χ3n) is 12.2. The van der Waals surface area contributed by atoms with Crippen LogP contribution in [0, 0.1) is 23.7 Å². The first kappa shape index (κ1) is 44.9. The maximum Gasteiger partial charge on any atom is 0.509 e. The Balaban J connectivity index is 1.42. The minimum absolute atomic E-state index is 0.00976. The number of amides is 1. The summed E-state index contributed by atoms with van der Waals surface area (Å²) >= 11 is 0. The predicted molar refractivity (Wildman–Crippen MR) is 209 cm³/mol. The zero-order valence-electron chi connectivity index (χ0n) is 35.2. The molecule has 0 saturated carbocycles. The van der Waals surface area contributed by atoms with Crippen molar-refractivity contribution in [2.75, 3.05) is 27.7 Å². The summed E-state index contributed by atoms with van der Waals surface area (Å²) in [6.07, 6.45) is -4.97. The van der Waals surface area contributed by atoms with Crippen LogP contribution in [0.25, 0.3) is 11.3 Å². The van der Waals surface area contributed by atoms with Crippen molar-refractivity contribution >= 4 is 29.6 Å². The standard InChI is InChI=1S/C43H60N2O13/c1-23-22-42(6,52-10)37(56-40-36(49)30(45(8)9)19-24(2)54-40)26(4)35(48)27(5)39(50)55-32(43(7)38(25(3)34(23)47)57-41(51)58-43)16-17-44-33(46)21-28-13-11-14-29(20-28)31-15-12-18-53-31/h11-15,18,20,23-27,30,32,36-38,40,49H,16-17,19,21-22H2,1-10H3,(H,44,46)/t23-,24?,25+,26+,27-,30?,32-,36?,37-,38-,40?,42-,43-/m1/s1. The Morgan fingerprint density at radius 2 is 1.71 bits per heavy atom. The lowest BCUT2D eigenvalue weighted by molar-refractivity contribution is -0.295. The number of methoxy groups -OCH3 is 1. The first-order valence-electron chi connectivity index (χ1n) is 20.1. The van der Waals surface area contributed by atoms with Crippen molar-refractivity contribution in [2.45, 2.75) is 128 Å². The van der Waals surface area contributed by atoms with E-state index in [9.17, 15) is 29.1 Å². The summed E-state index contributed by atoms with van der Waals surface area (Å²) in [7, 11) is 5.14. The van der Waals surface area contributed by atoms with Gasteiger partial charge in [-0.3, -0.25) is 19.2 Å². The zero-order valence-corrected chi connectivity index (χ0v) is 35.2. The number of aliphatic hydroxyl groups is 1. The molecule has 3 fully saturated rings. The van der Waals surface area contributed by atoms with Crippen LogP contribution in [0.3, 0.4) is 0 Å². The maximum atomic E-state index is 14.4. The highest BCUT2D eigenvalue weighted by Gasteiger charge is 2.59. The van der Waals surface area contributed by atoms with E-state index in [-0.39, 0.29) is 49.6 Å². The Morgan fingerprint density at radius 3 is 2.36 bits per heavy atom. The number of fused-ring (bicyclic) bond motifs is 1. The fourth-order valence-corrected chi connectivity index (χ4v) is 8.77. The Hall–Kier alpha value is -4.15. The molecule has 4 heterocycles. The van der Waals surface area contributed by atoms with E-state index in [1.807, 2.05) is 56.3 Å². The van der Waals surface area contributed by atoms with E-state index in [2.05, 4.69) is 5.32 Å². The lowest BCUT2D eigenvalue weighted by Gasteiger charge is -2.47. The van der Waals surface area contributed by atoms with Crippen LogP contribution in [0.15, 0.2) is 47.1 Å². The molecule has 4 unspecified atom stereocenters. The van der Waals surface area contributed by atoms with Crippen molar-refractivity contribution in [3.63, 3.8) is 0 Å². The average Bonchev–Trinajstić information content (AvgIpc) is 3.83. The fourth-order valence-electron chi connectivity index (χ4n) is 8.77. The number of rotatable bonds is 10. The molecule has 1 aromatic carbocycles. The first-order chi connectivity index (χ1) is 27.3. The molecule has 1 aromatic heterocycles. The lowest BCUT2D eigenvalue weighted by Crippen LogP contribution is -2.59. The minimum Gasteiger partial charge on any atom is -0.464 e. The molecular weight excluding hydrogens is 752 g/mol. The van der Waals surface area contributed by atoms with Gasteiger partial charge in [0.15, 0.2) is 23.8 Å². The van der Waals surface area contributed by atoms with E-state index in [1.165, 1.54) is 21.0 Å². The Labute approximate surface area is 340 Å². The second-order valence-corrected chi connectivity index (χ2v) is 16.8. The molecule has 1 amide bonds. The van der Waals surface area contributed by atoms with Crippen LogP contribution in [0.2, 0.25) is 0 Å². The second-order valence-electron chi connectivity index (χ2n) is 16.8. The summed E-state index contributed by atoms with van der Waals surface area (Å²) in [5.74, 6) is -5.45. The Kier molecular flexibility index (Phi) is 14.3. The van der Waals surface area contributed by atoms with Crippen molar-refractivity contribution in [1.29, 1.82) is 0 Å². The summed E-state index contributed by atoms with van der Waals surface area (Å²) in [5.41, 5.74) is -1.43. The maximum absolute atomic E-state index is 14.4. The van der Waals surface area contributed by atoms with Gasteiger partial charge < -0.3 is 48.2 Å². The molecular formula is C43H60N2O13. The number of Topliss-reactive ketones (excluding diaryl/α,β-unsaturated/α-hetero) is 2. The quantitative estimate of drug-likeness (QED) is 0.252. The van der Waals surface area contributed by atoms with Crippen molar-refractivity contribution < 1.29 is 61.9 Å². The van der Waals surface area contributed by atoms with Gasteiger partial charge in [-0.25, -0.2) is 4.79 Å². The molecule has 13 atom stereocenters. The van der Waals surface area contributed by atoms with Crippen LogP contribution in [-0.4, -0.2) is 121 Å². The van der Waals surface area contributed by atoms with E-state index < -0.39 is 83.5 Å². The number of furan rings is 1. The van der Waals surface area contributed by atoms with Crippen molar-refractivity contribution in [3.8, 4) is 11.3 Å². The number of carbonyl (C=O) groups excluding carboxylic acids is 5. The highest BCUT2D eigenvalue weighted by Crippen LogP contribution is 2.42. The van der Waals surface area contributed by atoms with E-state index in [0.717, 1.165) is 11.1 Å². The SMILES string of the molecule is CO[C@]1(C)C[C@@H](C)C(=O)[C@H](C)[C@H]2OC(=O)O[C@]2(C)[C@@H](CCNC(=O)Cc2cccc(-c3ccco3)c2)OC(=O)[C@H](C)C(=O)[C@H](C)[C@H]1OC1OC(C)CC(N(C)C)C1O. The molecule has 0 aliphatic carbocycles. The van der Waals surface area contributed by atoms with Crippen LogP contribution in [0.5, 0.6) is 0 Å². The van der Waals surface area contributed by atoms with Gasteiger partial charge in [-0.05, 0) is 78.4 Å². The first-order valence-corrected chi connectivity index (χ1v) is 20.1. The normalized spacial score (nSPS) is 36.4. The molecule has 0 spiro atoms. The van der Waals surface area contributed by atoms with E-state index in [1.54, 1.807) is 40.0 Å². The fraction of sp³-hybridized carbons (Fsp3) is 0.651. The summed E-state index contributed by atoms with van der Waals surface area (Å²) in [6.45, 7) is 11.5. The molecule has 5 rings (SSSR count). The third-order valence-corrected chi connectivity index (χ3v) is 12.2. The molecule has 2 N–H and O–H groups in total. The number of benzene rings is 1. The highest BCUT2D eigenvalue weighted by molar-refractivity contribution is 6.00. The number of esters is 1. The average molecular weight is 813 g/mol. The van der Waals surface area contributed by atoms with Crippen LogP contribution >= 0.6 is 0 Å². The van der Waals surface area contributed by atoms with Crippen LogP contribution in [0.4, 0.5) is 4.79 Å². The predicted octanol–water partition coefficient (Wildman–Crippen LogP) is 4.50. The van der Waals surface area contributed by atoms with Crippen molar-refractivity contribution in [1.82, 2.24) is 10.2 Å². The van der Waals surface area contributed by atoms with Gasteiger partial charge in [-0.1, -0.05) is 39.0 Å². The Morgan fingerprint density at radius 1 is 0.983 bits per heavy atom. The minimum atomic E-state index is -1.67. The molecule has 3 aliphatic heterocycles. The van der Waals surface area contributed by atoms with Crippen LogP contribution < -0.4 is 5.32 Å². The molecule has 15 nitrogen and oxygen atoms in total. The topological polar surface area (TPSA) is 189 Å². The number of nitrogens with zero attached hydrogens (tertiary/aromatic N) is 1. The molecule has 0 bridgehead atoms. The third kappa shape index (κ3) is 9.65. The van der Waals surface area contributed by atoms with Gasteiger partial charge >= 0.3 is 12.1 Å². The summed E-state index contributed by atoms with van der Waals surface area (Å²) in [6, 6.07) is 10.7. The molecule has 2 aromatic rings. The van der Waals surface area contributed by atoms with Gasteiger partial charge in [0.05, 0.1) is 36.4 Å². The number of likely N-dealkylation sites (N-methyl/N-ethyl adjacent to an activating group) is 1. The summed E-state index contributed by atoms with van der Waals surface area (Å²) in [5, 5.41) is 14.3. The van der Waals surface area contributed by atoms with Gasteiger partial charge in [0.25, 0.3) is 0 Å². The smallest absolute Gasteiger partial charge is 0.464 e. The second kappa shape index (κ2) is 18.4. The number of hydrogen-bond acceptors (Lipinski definition) is 14. The van der Waals surface area contributed by atoms with E-state index in [4.69, 9.17) is 32.8 Å². The molecule has 0 radical (unpaired) electrons. The lowest BCUT2D eigenvalue weighted by atomic mass is 9.74. The van der Waals surface area contributed by atoms with Crippen LogP contribution in [-0.2, 0) is 54.0 Å². The Bertz CT molecular complexity index is 1780. The molecule has 15 heteroatoms. The van der Waals surface area contributed by atoms with Crippen LogP contribution in [0.1, 0.15) is 73.3 Å². The zero-order chi connectivity index (χ0) is 42.7. The molecule has 3 saturated heterocycles. The largest absolute Gasteiger partial charge is 0.509 e. The van der Waals surface area contributed by atoms with Crippen molar-refractivity contribution in [3.05, 3.63) is 48.2 Å². The van der Waals surface area contributed by atoms with Gasteiger partial charge in [0.1, 0.15) is 29.7 Å². The highest BCUT2D eigenvalue weighted by atomic mass is 16.8. The van der Waals surface area contributed by atoms with E-state index >= 15 is 0 Å². The number of nitrogens with one attached hydrogen (secondary N) is 1. The number of cyclic esters (lactones) is 1. The molecule has 58 heavy (non-hydrogen) atoms. The van der Waals surface area contributed by atoms with Gasteiger partial charge in [-0.15, -0.1) is 0 Å². The van der Waals surface area contributed by atoms with Gasteiger partial charge in [0, 0.05) is 43.5 Å². The number of aliphatic hydroxyl groups excluding tert-OH is 1.